The summed E-state index contributed by atoms with van der Waals surface area (Å²) in [5.41, 5.74) is 8.67. The third-order valence-electron chi connectivity index (χ3n) is 7.69. The Labute approximate surface area is 205 Å². The molecule has 0 heterocycles. The quantitative estimate of drug-likeness (QED) is 0.318. The molecule has 0 radical (unpaired) electrons. The number of rotatable bonds is 10. The van der Waals surface area contributed by atoms with Gasteiger partial charge in [-0.3, -0.25) is 0 Å². The molecule has 0 aromatic heterocycles. The summed E-state index contributed by atoms with van der Waals surface area (Å²) in [6.45, 7) is 8.23. The second kappa shape index (κ2) is 9.47. The number of allylic oxidation sites excluding steroid dienone is 18. The SMILES string of the molecule is C=CCC1(C2=CCC(Cc3ccccc3CC3=CC=CC3)=C2C2(CC=C)C=CC=C2)C=CC=C1. The van der Waals surface area contributed by atoms with Crippen LogP contribution in [0.1, 0.15) is 36.8 Å². The van der Waals surface area contributed by atoms with Gasteiger partial charge in [-0.2, -0.15) is 0 Å². The maximum atomic E-state index is 4.13. The number of hydrogen-bond acceptors (Lipinski definition) is 0. The van der Waals surface area contributed by atoms with E-state index in [0.29, 0.717) is 0 Å². The van der Waals surface area contributed by atoms with Gasteiger partial charge in [0, 0.05) is 10.8 Å². The monoisotopic (exact) mass is 442 g/mol. The van der Waals surface area contributed by atoms with Crippen LogP contribution >= 0.6 is 0 Å². The van der Waals surface area contributed by atoms with Crippen LogP contribution in [0.3, 0.4) is 0 Å². The van der Waals surface area contributed by atoms with Gasteiger partial charge in [-0.15, -0.1) is 13.2 Å². The Morgan fingerprint density at radius 2 is 1.35 bits per heavy atom. The molecule has 0 aliphatic heterocycles. The minimum absolute atomic E-state index is 0.100. The fourth-order valence-corrected chi connectivity index (χ4v) is 6.11. The van der Waals surface area contributed by atoms with Gasteiger partial charge in [0.15, 0.2) is 0 Å². The topological polar surface area (TPSA) is 0 Å². The van der Waals surface area contributed by atoms with Gasteiger partial charge in [0.1, 0.15) is 0 Å². The molecule has 0 saturated carbocycles. The van der Waals surface area contributed by atoms with Crippen molar-refractivity contribution in [2.45, 2.75) is 38.5 Å². The Bertz CT molecular complexity index is 1200. The van der Waals surface area contributed by atoms with Crippen molar-refractivity contribution in [1.82, 2.24) is 0 Å². The zero-order valence-corrected chi connectivity index (χ0v) is 20.0. The predicted octanol–water partition coefficient (Wildman–Crippen LogP) is 8.66. The first-order valence-corrected chi connectivity index (χ1v) is 12.5. The first kappa shape index (κ1) is 22.4. The minimum Gasteiger partial charge on any atom is -0.103 e. The first-order chi connectivity index (χ1) is 16.7. The molecule has 1 aromatic rings. The smallest absolute Gasteiger partial charge is 0.0355 e. The van der Waals surface area contributed by atoms with Crippen molar-refractivity contribution in [3.8, 4) is 0 Å². The highest BCUT2D eigenvalue weighted by atomic mass is 14.5. The number of hydrogen-bond donors (Lipinski definition) is 0. The molecule has 0 nitrogen and oxygen atoms in total. The Morgan fingerprint density at radius 3 is 1.97 bits per heavy atom. The van der Waals surface area contributed by atoms with E-state index in [1.165, 1.54) is 33.4 Å². The normalized spacial score (nSPS) is 20.9. The summed E-state index contributed by atoms with van der Waals surface area (Å²) >= 11 is 0. The maximum Gasteiger partial charge on any atom is 0.0355 e. The molecule has 0 amide bonds. The molecule has 0 fully saturated rings. The van der Waals surface area contributed by atoms with Crippen molar-refractivity contribution in [2.24, 2.45) is 10.8 Å². The van der Waals surface area contributed by atoms with Gasteiger partial charge >= 0.3 is 0 Å². The van der Waals surface area contributed by atoms with E-state index < -0.39 is 0 Å². The van der Waals surface area contributed by atoms with Crippen LogP contribution < -0.4 is 0 Å². The van der Waals surface area contributed by atoms with Crippen molar-refractivity contribution in [2.75, 3.05) is 0 Å². The highest BCUT2D eigenvalue weighted by molar-refractivity contribution is 5.61. The van der Waals surface area contributed by atoms with Gasteiger partial charge in [0.25, 0.3) is 0 Å². The largest absolute Gasteiger partial charge is 0.103 e. The lowest BCUT2D eigenvalue weighted by atomic mass is 9.66. The summed E-state index contributed by atoms with van der Waals surface area (Å²) in [6, 6.07) is 9.02. The van der Waals surface area contributed by atoms with Crippen LogP contribution in [0, 0.1) is 10.8 Å². The van der Waals surface area contributed by atoms with Gasteiger partial charge < -0.3 is 0 Å². The zero-order valence-electron chi connectivity index (χ0n) is 20.0. The van der Waals surface area contributed by atoms with Crippen LogP contribution in [0.25, 0.3) is 0 Å². The van der Waals surface area contributed by atoms with E-state index in [4.69, 9.17) is 0 Å². The molecule has 4 aliphatic rings. The average Bonchev–Trinajstić information content (AvgIpc) is 3.64. The van der Waals surface area contributed by atoms with Crippen molar-refractivity contribution in [3.63, 3.8) is 0 Å². The fraction of sp³-hybridized carbons (Fsp3) is 0.235. The molecule has 0 heteroatoms. The molecule has 0 N–H and O–H groups in total. The molecule has 34 heavy (non-hydrogen) atoms. The third kappa shape index (κ3) is 4.03. The molecule has 0 bridgehead atoms. The summed E-state index contributed by atoms with van der Waals surface area (Å²) in [6.07, 6.45) is 37.6. The molecular formula is C34H34. The van der Waals surface area contributed by atoms with Crippen LogP contribution in [-0.2, 0) is 12.8 Å². The minimum atomic E-state index is -0.120. The van der Waals surface area contributed by atoms with E-state index in [-0.39, 0.29) is 10.8 Å². The van der Waals surface area contributed by atoms with E-state index >= 15 is 0 Å². The summed E-state index contributed by atoms with van der Waals surface area (Å²) in [4.78, 5) is 0. The van der Waals surface area contributed by atoms with E-state index in [0.717, 1.165) is 38.5 Å². The van der Waals surface area contributed by atoms with E-state index in [1.54, 1.807) is 0 Å². The van der Waals surface area contributed by atoms with Gasteiger partial charge in [0.2, 0.25) is 0 Å². The summed E-state index contributed by atoms with van der Waals surface area (Å²) in [5, 5.41) is 0. The highest BCUT2D eigenvalue weighted by Crippen LogP contribution is 2.55. The molecule has 1 aromatic carbocycles. The molecule has 0 saturated heterocycles. The van der Waals surface area contributed by atoms with Crippen molar-refractivity contribution < 1.29 is 0 Å². The van der Waals surface area contributed by atoms with Crippen molar-refractivity contribution in [3.05, 3.63) is 156 Å². The van der Waals surface area contributed by atoms with Gasteiger partial charge in [-0.25, -0.2) is 0 Å². The highest BCUT2D eigenvalue weighted by Gasteiger charge is 2.42. The number of benzene rings is 1. The summed E-state index contributed by atoms with van der Waals surface area (Å²) in [5.74, 6) is 0. The van der Waals surface area contributed by atoms with E-state index in [9.17, 15) is 0 Å². The Hall–Kier alpha value is -3.38. The standard InChI is InChI=1S/C34H34/c1-3-19-33(21-9-10-22-33)31-18-17-30(32(31)34(20-4-2)23-11-12-24-34)26-29-16-8-7-15-28(29)25-27-13-5-6-14-27/h3-13,15-16,18,21-24H,1-2,14,17,19-20,25-26H2. The lowest BCUT2D eigenvalue weighted by Crippen LogP contribution is -2.26. The second-order valence-electron chi connectivity index (χ2n) is 9.88. The fourth-order valence-electron chi connectivity index (χ4n) is 6.11. The molecule has 0 spiro atoms. The summed E-state index contributed by atoms with van der Waals surface area (Å²) < 4.78 is 0. The lowest BCUT2D eigenvalue weighted by Gasteiger charge is -2.36. The van der Waals surface area contributed by atoms with Gasteiger partial charge in [0.05, 0.1) is 0 Å². The Kier molecular flexibility index (Phi) is 6.24. The average molecular weight is 443 g/mol. The Balaban J connectivity index is 1.59. The maximum absolute atomic E-state index is 4.13. The molecule has 170 valence electrons. The molecule has 5 rings (SSSR count). The van der Waals surface area contributed by atoms with Crippen LogP contribution in [0.15, 0.2) is 145 Å². The van der Waals surface area contributed by atoms with Crippen LogP contribution in [-0.4, -0.2) is 0 Å². The molecule has 0 atom stereocenters. The van der Waals surface area contributed by atoms with E-state index in [2.05, 4.69) is 122 Å². The zero-order chi connectivity index (χ0) is 23.4. The predicted molar refractivity (Wildman–Crippen MR) is 146 cm³/mol. The van der Waals surface area contributed by atoms with Crippen LogP contribution in [0.4, 0.5) is 0 Å². The van der Waals surface area contributed by atoms with Gasteiger partial charge in [-0.1, -0.05) is 120 Å². The second-order valence-corrected chi connectivity index (χ2v) is 9.88. The molecular weight excluding hydrogens is 408 g/mol. The lowest BCUT2D eigenvalue weighted by molar-refractivity contribution is 0.544. The Morgan fingerprint density at radius 1 is 0.735 bits per heavy atom. The van der Waals surface area contributed by atoms with E-state index in [1.807, 2.05) is 0 Å². The molecule has 4 aliphatic carbocycles. The van der Waals surface area contributed by atoms with Crippen LogP contribution in [0.2, 0.25) is 0 Å². The third-order valence-corrected chi connectivity index (χ3v) is 7.69. The molecule has 0 unspecified atom stereocenters. The van der Waals surface area contributed by atoms with Gasteiger partial charge in [-0.05, 0) is 60.8 Å². The van der Waals surface area contributed by atoms with Crippen LogP contribution in [0.5, 0.6) is 0 Å². The summed E-state index contributed by atoms with van der Waals surface area (Å²) in [7, 11) is 0. The van der Waals surface area contributed by atoms with Crippen molar-refractivity contribution >= 4 is 0 Å². The first-order valence-electron chi connectivity index (χ1n) is 12.5. The van der Waals surface area contributed by atoms with Crippen molar-refractivity contribution in [1.29, 1.82) is 0 Å².